The van der Waals surface area contributed by atoms with Crippen molar-refractivity contribution in [1.82, 2.24) is 19.6 Å². The molecule has 0 N–H and O–H groups in total. The molecular formula is C17H18ClN5O. The van der Waals surface area contributed by atoms with Crippen LogP contribution in [-0.4, -0.2) is 39.8 Å². The van der Waals surface area contributed by atoms with Crippen LogP contribution in [0.2, 0.25) is 5.02 Å². The summed E-state index contributed by atoms with van der Waals surface area (Å²) in [5.74, 6) is 3.21. The van der Waals surface area contributed by atoms with Crippen LogP contribution in [0.15, 0.2) is 36.7 Å². The largest absolute Gasteiger partial charge is 0.492 e. The highest BCUT2D eigenvalue weighted by Gasteiger charge is 2.29. The van der Waals surface area contributed by atoms with E-state index < -0.39 is 0 Å². The quantitative estimate of drug-likeness (QED) is 0.688. The van der Waals surface area contributed by atoms with Crippen LogP contribution < -0.4 is 9.64 Å². The van der Waals surface area contributed by atoms with E-state index in [9.17, 15) is 0 Å². The van der Waals surface area contributed by atoms with Gasteiger partial charge in [0.25, 0.3) is 0 Å². The number of benzene rings is 1. The minimum Gasteiger partial charge on any atom is -0.492 e. The number of likely N-dealkylation sites (N-methyl/N-ethyl adjacent to an activating group) is 1. The summed E-state index contributed by atoms with van der Waals surface area (Å²) >= 11 is 5.87. The summed E-state index contributed by atoms with van der Waals surface area (Å²) < 4.78 is 7.80. The summed E-state index contributed by atoms with van der Waals surface area (Å²) in [4.78, 5) is 6.51. The molecule has 2 aromatic heterocycles. The van der Waals surface area contributed by atoms with Crippen LogP contribution in [-0.2, 0) is 0 Å². The molecule has 0 amide bonds. The third kappa shape index (κ3) is 3.01. The first-order valence-electron chi connectivity index (χ1n) is 8.01. The smallest absolute Gasteiger partial charge is 0.203 e. The molecule has 2 heterocycles. The van der Waals surface area contributed by atoms with Crippen molar-refractivity contribution < 1.29 is 4.74 Å². The number of aromatic nitrogens is 4. The molecule has 1 aliphatic rings. The molecular weight excluding hydrogens is 326 g/mol. The van der Waals surface area contributed by atoms with Crippen LogP contribution in [0.25, 0.3) is 5.65 Å². The van der Waals surface area contributed by atoms with Crippen molar-refractivity contribution in [3.05, 3.63) is 47.5 Å². The standard InChI is InChI=1S/C17H18ClN5O/c1-22(10-11-24-14-6-4-13(18)5-7-14)16-17-21-20-15(12-2-3-12)23(17)9-8-19-16/h4-9,12H,2-3,10-11H2,1H3. The van der Waals surface area contributed by atoms with Crippen LogP contribution in [0.4, 0.5) is 5.82 Å². The summed E-state index contributed by atoms with van der Waals surface area (Å²) in [6.45, 7) is 1.24. The lowest BCUT2D eigenvalue weighted by Gasteiger charge is -2.18. The average Bonchev–Trinajstić information content (AvgIpc) is 3.35. The van der Waals surface area contributed by atoms with E-state index in [0.29, 0.717) is 24.1 Å². The molecule has 0 aliphatic heterocycles. The van der Waals surface area contributed by atoms with Crippen LogP contribution >= 0.6 is 11.6 Å². The first kappa shape index (κ1) is 15.2. The molecule has 1 saturated carbocycles. The van der Waals surface area contributed by atoms with Crippen LogP contribution in [0.5, 0.6) is 5.75 Å². The van der Waals surface area contributed by atoms with E-state index in [-0.39, 0.29) is 0 Å². The summed E-state index contributed by atoms with van der Waals surface area (Å²) in [7, 11) is 1.99. The molecule has 0 saturated heterocycles. The molecule has 0 atom stereocenters. The maximum Gasteiger partial charge on any atom is 0.203 e. The minimum atomic E-state index is 0.546. The molecule has 0 radical (unpaired) electrons. The maximum atomic E-state index is 5.87. The highest BCUT2D eigenvalue weighted by molar-refractivity contribution is 6.30. The van der Waals surface area contributed by atoms with Crippen molar-refractivity contribution in [2.75, 3.05) is 25.1 Å². The summed E-state index contributed by atoms with van der Waals surface area (Å²) in [5, 5.41) is 9.37. The number of nitrogens with zero attached hydrogens (tertiary/aromatic N) is 5. The van der Waals surface area contributed by atoms with Crippen molar-refractivity contribution in [1.29, 1.82) is 0 Å². The van der Waals surface area contributed by atoms with Crippen LogP contribution in [0.3, 0.4) is 0 Å². The molecule has 7 heteroatoms. The van der Waals surface area contributed by atoms with Gasteiger partial charge in [-0.25, -0.2) is 4.98 Å². The first-order chi connectivity index (χ1) is 11.7. The summed E-state index contributed by atoms with van der Waals surface area (Å²) in [5.41, 5.74) is 0.799. The van der Waals surface area contributed by atoms with Crippen molar-refractivity contribution in [2.45, 2.75) is 18.8 Å². The van der Waals surface area contributed by atoms with E-state index in [1.165, 1.54) is 12.8 Å². The van der Waals surface area contributed by atoms with E-state index in [1.807, 2.05) is 42.4 Å². The molecule has 1 aromatic carbocycles. The number of ether oxygens (including phenoxy) is 1. The Morgan fingerprint density at radius 1 is 1.25 bits per heavy atom. The summed E-state index contributed by atoms with van der Waals surface area (Å²) in [6, 6.07) is 7.36. The molecule has 24 heavy (non-hydrogen) atoms. The zero-order valence-electron chi connectivity index (χ0n) is 13.4. The van der Waals surface area contributed by atoms with Crippen LogP contribution in [0, 0.1) is 0 Å². The lowest BCUT2D eigenvalue weighted by molar-refractivity contribution is 0.325. The average molecular weight is 344 g/mol. The van der Waals surface area contributed by atoms with Crippen LogP contribution in [0.1, 0.15) is 24.6 Å². The maximum absolute atomic E-state index is 5.87. The van der Waals surface area contributed by atoms with Gasteiger partial charge in [0, 0.05) is 30.4 Å². The van der Waals surface area contributed by atoms with Gasteiger partial charge >= 0.3 is 0 Å². The van der Waals surface area contributed by atoms with Gasteiger partial charge in [0.2, 0.25) is 5.65 Å². The monoisotopic (exact) mass is 343 g/mol. The Bertz CT molecular complexity index is 844. The number of halogens is 1. The van der Waals surface area contributed by atoms with Gasteiger partial charge < -0.3 is 9.64 Å². The Kier molecular flexibility index (Phi) is 3.98. The Labute approximate surface area is 145 Å². The van der Waals surface area contributed by atoms with Crippen molar-refractivity contribution in [3.8, 4) is 5.75 Å². The number of rotatable bonds is 6. The Balaban J connectivity index is 1.45. The first-order valence-corrected chi connectivity index (χ1v) is 8.39. The van der Waals surface area contributed by atoms with E-state index in [1.54, 1.807) is 6.20 Å². The van der Waals surface area contributed by atoms with Gasteiger partial charge in [-0.1, -0.05) is 11.6 Å². The van der Waals surface area contributed by atoms with Gasteiger partial charge in [0.05, 0.1) is 6.54 Å². The predicted molar refractivity (Wildman–Crippen MR) is 93.0 cm³/mol. The molecule has 4 rings (SSSR count). The van der Waals surface area contributed by atoms with E-state index in [4.69, 9.17) is 16.3 Å². The van der Waals surface area contributed by atoms with Crippen molar-refractivity contribution >= 4 is 23.1 Å². The van der Waals surface area contributed by atoms with Crippen molar-refractivity contribution in [3.63, 3.8) is 0 Å². The van der Waals surface area contributed by atoms with E-state index in [2.05, 4.69) is 19.6 Å². The second-order valence-corrected chi connectivity index (χ2v) is 6.44. The lowest BCUT2D eigenvalue weighted by Crippen LogP contribution is -2.25. The van der Waals surface area contributed by atoms with Gasteiger partial charge in [-0.3, -0.25) is 4.40 Å². The molecule has 1 fully saturated rings. The van der Waals surface area contributed by atoms with Gasteiger partial charge in [0.1, 0.15) is 18.2 Å². The number of fused-ring (bicyclic) bond motifs is 1. The third-order valence-electron chi connectivity index (χ3n) is 4.15. The molecule has 3 aromatic rings. The van der Waals surface area contributed by atoms with Gasteiger partial charge in [0.15, 0.2) is 5.82 Å². The zero-order valence-corrected chi connectivity index (χ0v) is 14.1. The number of hydrogen-bond acceptors (Lipinski definition) is 5. The fourth-order valence-corrected chi connectivity index (χ4v) is 2.78. The second kappa shape index (κ2) is 6.28. The molecule has 0 unspecified atom stereocenters. The molecule has 6 nitrogen and oxygen atoms in total. The Morgan fingerprint density at radius 3 is 2.79 bits per heavy atom. The fraction of sp³-hybridized carbons (Fsp3) is 0.353. The third-order valence-corrected chi connectivity index (χ3v) is 4.40. The minimum absolute atomic E-state index is 0.546. The van der Waals surface area contributed by atoms with Gasteiger partial charge in [-0.15, -0.1) is 10.2 Å². The SMILES string of the molecule is CN(CCOc1ccc(Cl)cc1)c1nccn2c(C3CC3)nnc12. The number of hydrogen-bond donors (Lipinski definition) is 0. The predicted octanol–water partition coefficient (Wildman–Crippen LogP) is 3.17. The highest BCUT2D eigenvalue weighted by Crippen LogP contribution is 2.39. The fourth-order valence-electron chi connectivity index (χ4n) is 2.66. The Hall–Kier alpha value is -2.34. The Morgan fingerprint density at radius 2 is 2.04 bits per heavy atom. The molecule has 1 aliphatic carbocycles. The van der Waals surface area contributed by atoms with E-state index >= 15 is 0 Å². The van der Waals surface area contributed by atoms with Gasteiger partial charge in [-0.2, -0.15) is 0 Å². The number of anilines is 1. The molecule has 124 valence electrons. The summed E-state index contributed by atoms with van der Waals surface area (Å²) in [6.07, 6.45) is 6.13. The van der Waals surface area contributed by atoms with Crippen molar-refractivity contribution in [2.24, 2.45) is 0 Å². The van der Waals surface area contributed by atoms with Gasteiger partial charge in [-0.05, 0) is 37.1 Å². The normalized spacial score (nSPS) is 14.1. The van der Waals surface area contributed by atoms with E-state index in [0.717, 1.165) is 23.0 Å². The highest BCUT2D eigenvalue weighted by atomic mass is 35.5. The zero-order chi connectivity index (χ0) is 16.5. The molecule has 0 spiro atoms. The molecule has 0 bridgehead atoms. The topological polar surface area (TPSA) is 55.5 Å². The lowest BCUT2D eigenvalue weighted by atomic mass is 10.3. The second-order valence-electron chi connectivity index (χ2n) is 6.00.